The van der Waals surface area contributed by atoms with Gasteiger partial charge in [-0.15, -0.1) is 0 Å². The van der Waals surface area contributed by atoms with Crippen LogP contribution in [-0.2, 0) is 16.4 Å². The molecular formula is C15H14FN5O2S. The van der Waals surface area contributed by atoms with E-state index < -0.39 is 15.7 Å². The molecular weight excluding hydrogens is 333 g/mol. The summed E-state index contributed by atoms with van der Waals surface area (Å²) in [6.45, 7) is 0.330. The van der Waals surface area contributed by atoms with Gasteiger partial charge in [0, 0.05) is 31.3 Å². The SMILES string of the molecule is CNCc1cn(-c2ncccc2F)c(S(=O)(=O)c2cccnc2)n1. The zero-order chi connectivity index (χ0) is 17.2. The Hall–Kier alpha value is -2.65. The molecule has 0 spiro atoms. The van der Waals surface area contributed by atoms with Gasteiger partial charge in [0.05, 0.1) is 10.6 Å². The number of pyridine rings is 2. The maximum atomic E-state index is 14.1. The van der Waals surface area contributed by atoms with Crippen molar-refractivity contribution in [2.45, 2.75) is 16.6 Å². The van der Waals surface area contributed by atoms with Crippen molar-refractivity contribution in [3.63, 3.8) is 0 Å². The highest BCUT2D eigenvalue weighted by Gasteiger charge is 2.27. The molecule has 0 amide bonds. The lowest BCUT2D eigenvalue weighted by atomic mass is 10.4. The average Bonchev–Trinajstić information content (AvgIpc) is 3.01. The van der Waals surface area contributed by atoms with E-state index >= 15 is 0 Å². The molecule has 7 nitrogen and oxygen atoms in total. The van der Waals surface area contributed by atoms with E-state index in [4.69, 9.17) is 0 Å². The summed E-state index contributed by atoms with van der Waals surface area (Å²) in [5, 5.41) is 2.58. The van der Waals surface area contributed by atoms with Crippen molar-refractivity contribution in [1.29, 1.82) is 0 Å². The number of rotatable bonds is 5. The molecule has 0 aliphatic rings. The quantitative estimate of drug-likeness (QED) is 0.749. The van der Waals surface area contributed by atoms with Gasteiger partial charge in [-0.3, -0.25) is 9.55 Å². The molecule has 1 N–H and O–H groups in total. The zero-order valence-corrected chi connectivity index (χ0v) is 13.5. The van der Waals surface area contributed by atoms with E-state index in [1.165, 1.54) is 49.1 Å². The van der Waals surface area contributed by atoms with Crippen LogP contribution in [0.25, 0.3) is 5.82 Å². The Morgan fingerprint density at radius 3 is 2.71 bits per heavy atom. The number of nitrogens with one attached hydrogen (secondary N) is 1. The summed E-state index contributed by atoms with van der Waals surface area (Å²) in [6.07, 6.45) is 5.53. The number of halogens is 1. The Bertz CT molecular complexity index is 957. The van der Waals surface area contributed by atoms with Crippen LogP contribution >= 0.6 is 0 Å². The molecule has 9 heteroatoms. The summed E-state index contributed by atoms with van der Waals surface area (Å²) < 4.78 is 41.0. The molecule has 3 rings (SSSR count). The average molecular weight is 347 g/mol. The smallest absolute Gasteiger partial charge is 0.242 e. The lowest BCUT2D eigenvalue weighted by Crippen LogP contribution is -2.12. The third-order valence-corrected chi connectivity index (χ3v) is 4.86. The number of sulfone groups is 1. The number of hydrogen-bond acceptors (Lipinski definition) is 6. The second-order valence-electron chi connectivity index (χ2n) is 4.92. The fourth-order valence-electron chi connectivity index (χ4n) is 2.18. The van der Waals surface area contributed by atoms with E-state index in [0.29, 0.717) is 12.2 Å². The molecule has 124 valence electrons. The van der Waals surface area contributed by atoms with Gasteiger partial charge in [0.1, 0.15) is 0 Å². The minimum atomic E-state index is -3.98. The van der Waals surface area contributed by atoms with Crippen LogP contribution in [0.2, 0.25) is 0 Å². The minimum Gasteiger partial charge on any atom is -0.314 e. The van der Waals surface area contributed by atoms with Crippen molar-refractivity contribution in [3.05, 3.63) is 60.6 Å². The molecule has 0 aliphatic carbocycles. The molecule has 3 aromatic rings. The molecule has 0 bridgehead atoms. The van der Waals surface area contributed by atoms with Gasteiger partial charge in [-0.25, -0.2) is 22.8 Å². The molecule has 0 aromatic carbocycles. The highest BCUT2D eigenvalue weighted by molar-refractivity contribution is 7.91. The first-order chi connectivity index (χ1) is 11.5. The van der Waals surface area contributed by atoms with Crippen molar-refractivity contribution >= 4 is 9.84 Å². The first-order valence-corrected chi connectivity index (χ1v) is 8.51. The first kappa shape index (κ1) is 16.2. The number of imidazole rings is 1. The topological polar surface area (TPSA) is 89.8 Å². The molecule has 0 radical (unpaired) electrons. The third-order valence-electron chi connectivity index (χ3n) is 3.23. The molecule has 24 heavy (non-hydrogen) atoms. The molecule has 0 fully saturated rings. The summed E-state index contributed by atoms with van der Waals surface area (Å²) in [4.78, 5) is 11.9. The van der Waals surface area contributed by atoms with Crippen LogP contribution < -0.4 is 5.32 Å². The molecule has 0 unspecified atom stereocenters. The summed E-state index contributed by atoms with van der Waals surface area (Å²) in [6, 6.07) is 5.56. The maximum Gasteiger partial charge on any atom is 0.242 e. The predicted molar refractivity (Wildman–Crippen MR) is 83.8 cm³/mol. The fourth-order valence-corrected chi connectivity index (χ4v) is 3.49. The van der Waals surface area contributed by atoms with Crippen LogP contribution in [0.4, 0.5) is 4.39 Å². The number of nitrogens with zero attached hydrogens (tertiary/aromatic N) is 4. The Kier molecular flexibility index (Phi) is 4.36. The van der Waals surface area contributed by atoms with Gasteiger partial charge in [0.2, 0.25) is 15.0 Å². The number of aromatic nitrogens is 4. The van der Waals surface area contributed by atoms with Crippen LogP contribution in [0.3, 0.4) is 0 Å². The van der Waals surface area contributed by atoms with Gasteiger partial charge in [-0.05, 0) is 31.3 Å². The van der Waals surface area contributed by atoms with Crippen molar-refractivity contribution < 1.29 is 12.8 Å². The predicted octanol–water partition coefficient (Wildman–Crippen LogP) is 1.35. The van der Waals surface area contributed by atoms with Crippen molar-refractivity contribution in [2.75, 3.05) is 7.05 Å². The van der Waals surface area contributed by atoms with Gasteiger partial charge in [-0.1, -0.05) is 0 Å². The maximum absolute atomic E-state index is 14.1. The lowest BCUT2D eigenvalue weighted by molar-refractivity contribution is 0.574. The summed E-state index contributed by atoms with van der Waals surface area (Å²) in [5.74, 6) is -0.775. The summed E-state index contributed by atoms with van der Waals surface area (Å²) in [7, 11) is -2.27. The highest BCUT2D eigenvalue weighted by atomic mass is 32.2. The molecule has 0 saturated heterocycles. The van der Waals surface area contributed by atoms with Crippen molar-refractivity contribution in [3.8, 4) is 5.82 Å². The second-order valence-corrected chi connectivity index (χ2v) is 6.76. The van der Waals surface area contributed by atoms with E-state index in [1.54, 1.807) is 7.05 Å². The van der Waals surface area contributed by atoms with E-state index in [2.05, 4.69) is 20.3 Å². The van der Waals surface area contributed by atoms with Gasteiger partial charge < -0.3 is 5.32 Å². The second kappa shape index (κ2) is 6.46. The van der Waals surface area contributed by atoms with Gasteiger partial charge in [0.15, 0.2) is 11.6 Å². The minimum absolute atomic E-state index is 0.0239. The monoisotopic (exact) mass is 347 g/mol. The van der Waals surface area contributed by atoms with Gasteiger partial charge in [0.25, 0.3) is 0 Å². The molecule has 3 aromatic heterocycles. The van der Waals surface area contributed by atoms with E-state index in [0.717, 1.165) is 4.57 Å². The Morgan fingerprint density at radius 1 is 1.25 bits per heavy atom. The molecule has 0 aliphatic heterocycles. The Balaban J connectivity index is 2.23. The Labute approximate surface area is 138 Å². The lowest BCUT2D eigenvalue weighted by Gasteiger charge is -2.08. The van der Waals surface area contributed by atoms with Gasteiger partial charge >= 0.3 is 0 Å². The van der Waals surface area contributed by atoms with Crippen LogP contribution in [0.5, 0.6) is 0 Å². The largest absolute Gasteiger partial charge is 0.314 e. The molecule has 0 saturated carbocycles. The van der Waals surface area contributed by atoms with Crippen LogP contribution in [-0.4, -0.2) is 35.0 Å². The van der Waals surface area contributed by atoms with Gasteiger partial charge in [-0.2, -0.15) is 0 Å². The standard InChI is InChI=1S/C15H14FN5O2S/c1-17-8-11-10-21(14-13(16)5-3-7-19-14)15(20-11)24(22,23)12-4-2-6-18-9-12/h2-7,9-10,17H,8H2,1H3. The van der Waals surface area contributed by atoms with E-state index in [9.17, 15) is 12.8 Å². The number of hydrogen-bond donors (Lipinski definition) is 1. The van der Waals surface area contributed by atoms with Crippen LogP contribution in [0.1, 0.15) is 5.69 Å². The molecule has 3 heterocycles. The van der Waals surface area contributed by atoms with Crippen LogP contribution in [0, 0.1) is 5.82 Å². The molecule has 0 atom stereocenters. The first-order valence-electron chi connectivity index (χ1n) is 7.03. The van der Waals surface area contributed by atoms with Crippen molar-refractivity contribution in [1.82, 2.24) is 24.8 Å². The fraction of sp³-hybridized carbons (Fsp3) is 0.133. The summed E-state index contributed by atoms with van der Waals surface area (Å²) >= 11 is 0. The summed E-state index contributed by atoms with van der Waals surface area (Å²) in [5.41, 5.74) is 0.449. The van der Waals surface area contributed by atoms with E-state index in [1.807, 2.05) is 0 Å². The van der Waals surface area contributed by atoms with Crippen molar-refractivity contribution in [2.24, 2.45) is 0 Å². The Morgan fingerprint density at radius 2 is 2.04 bits per heavy atom. The highest BCUT2D eigenvalue weighted by Crippen LogP contribution is 2.23. The zero-order valence-electron chi connectivity index (χ0n) is 12.7. The van der Waals surface area contributed by atoms with Crippen LogP contribution in [0.15, 0.2) is 59.1 Å². The normalized spacial score (nSPS) is 11.6. The third kappa shape index (κ3) is 2.91. The van der Waals surface area contributed by atoms with E-state index in [-0.39, 0.29) is 15.9 Å².